The average Bonchev–Trinajstić information content (AvgIpc) is 2.69. The van der Waals surface area contributed by atoms with E-state index in [9.17, 15) is 13.2 Å². The zero-order chi connectivity index (χ0) is 14.9. The molecule has 0 atom stereocenters. The standard InChI is InChI=1S/C11H12N4O4S/c1-6-10(7(2)14-13-6)20(18,19)15-9-4-3-8(5-12-9)11(16)17/h3-5H,1-2H3,(H,12,15)(H,13,14)(H,16,17). The van der Waals surface area contributed by atoms with Crippen LogP contribution in [0, 0.1) is 13.8 Å². The van der Waals surface area contributed by atoms with Gasteiger partial charge in [0.25, 0.3) is 10.0 Å². The van der Waals surface area contributed by atoms with Gasteiger partial charge in [0, 0.05) is 6.20 Å². The van der Waals surface area contributed by atoms with Crippen LogP contribution < -0.4 is 4.72 Å². The molecule has 106 valence electrons. The van der Waals surface area contributed by atoms with Crippen LogP contribution in [0.5, 0.6) is 0 Å². The van der Waals surface area contributed by atoms with E-state index in [0.717, 1.165) is 6.20 Å². The van der Waals surface area contributed by atoms with E-state index in [1.165, 1.54) is 12.1 Å². The molecule has 3 N–H and O–H groups in total. The fourth-order valence-electron chi connectivity index (χ4n) is 1.71. The maximum atomic E-state index is 12.2. The molecule has 20 heavy (non-hydrogen) atoms. The molecular weight excluding hydrogens is 284 g/mol. The lowest BCUT2D eigenvalue weighted by Crippen LogP contribution is -2.15. The number of anilines is 1. The van der Waals surface area contributed by atoms with Crippen molar-refractivity contribution in [3.8, 4) is 0 Å². The van der Waals surface area contributed by atoms with Crippen LogP contribution in [0.3, 0.4) is 0 Å². The van der Waals surface area contributed by atoms with Gasteiger partial charge in [-0.05, 0) is 26.0 Å². The summed E-state index contributed by atoms with van der Waals surface area (Å²) < 4.78 is 26.7. The third-order valence-electron chi connectivity index (χ3n) is 2.58. The van der Waals surface area contributed by atoms with Crippen LogP contribution in [-0.4, -0.2) is 34.7 Å². The second-order valence-electron chi connectivity index (χ2n) is 4.11. The van der Waals surface area contributed by atoms with Crippen LogP contribution in [0.4, 0.5) is 5.82 Å². The van der Waals surface area contributed by atoms with Gasteiger partial charge in [-0.3, -0.25) is 9.82 Å². The number of rotatable bonds is 4. The molecule has 0 bridgehead atoms. The molecule has 0 saturated carbocycles. The van der Waals surface area contributed by atoms with Crippen LogP contribution in [0.15, 0.2) is 23.2 Å². The number of aromatic amines is 1. The number of hydrogen-bond acceptors (Lipinski definition) is 5. The maximum Gasteiger partial charge on any atom is 0.337 e. The van der Waals surface area contributed by atoms with Crippen molar-refractivity contribution in [3.63, 3.8) is 0 Å². The highest BCUT2D eigenvalue weighted by Crippen LogP contribution is 2.19. The van der Waals surface area contributed by atoms with Crippen molar-refractivity contribution < 1.29 is 18.3 Å². The van der Waals surface area contributed by atoms with E-state index in [4.69, 9.17) is 5.11 Å². The van der Waals surface area contributed by atoms with Gasteiger partial charge in [-0.2, -0.15) is 5.10 Å². The molecule has 0 unspecified atom stereocenters. The lowest BCUT2D eigenvalue weighted by Gasteiger charge is -2.07. The number of H-pyrrole nitrogens is 1. The van der Waals surface area contributed by atoms with E-state index in [1.807, 2.05) is 0 Å². The molecule has 0 amide bonds. The summed E-state index contributed by atoms with van der Waals surface area (Å²) in [4.78, 5) is 14.5. The monoisotopic (exact) mass is 296 g/mol. The van der Waals surface area contributed by atoms with E-state index < -0.39 is 16.0 Å². The fourth-order valence-corrected chi connectivity index (χ4v) is 3.09. The van der Waals surface area contributed by atoms with E-state index in [2.05, 4.69) is 19.9 Å². The highest BCUT2D eigenvalue weighted by atomic mass is 32.2. The topological polar surface area (TPSA) is 125 Å². The number of carboxylic acid groups (broad SMARTS) is 1. The number of nitrogens with one attached hydrogen (secondary N) is 2. The Hall–Kier alpha value is -2.42. The van der Waals surface area contributed by atoms with Crippen molar-refractivity contribution in [1.29, 1.82) is 0 Å². The molecule has 0 radical (unpaired) electrons. The van der Waals surface area contributed by atoms with Gasteiger partial charge in [0.05, 0.1) is 17.0 Å². The third-order valence-corrected chi connectivity index (χ3v) is 4.20. The number of aryl methyl sites for hydroxylation is 2. The van der Waals surface area contributed by atoms with Gasteiger partial charge >= 0.3 is 5.97 Å². The molecule has 0 fully saturated rings. The molecular formula is C11H12N4O4S. The molecule has 0 aromatic carbocycles. The minimum absolute atomic E-state index is 0.0244. The predicted molar refractivity (Wildman–Crippen MR) is 70.1 cm³/mol. The first-order valence-corrected chi connectivity index (χ1v) is 7.03. The number of carbonyl (C=O) groups is 1. The summed E-state index contributed by atoms with van der Waals surface area (Å²) in [6, 6.07) is 2.55. The van der Waals surface area contributed by atoms with Gasteiger partial charge in [0.15, 0.2) is 0 Å². The van der Waals surface area contributed by atoms with Crippen LogP contribution in [0.1, 0.15) is 21.7 Å². The molecule has 8 nitrogen and oxygen atoms in total. The van der Waals surface area contributed by atoms with Gasteiger partial charge < -0.3 is 5.11 Å². The fraction of sp³-hybridized carbons (Fsp3) is 0.182. The highest BCUT2D eigenvalue weighted by molar-refractivity contribution is 7.92. The molecule has 2 aromatic rings. The van der Waals surface area contributed by atoms with E-state index >= 15 is 0 Å². The molecule has 0 aliphatic rings. The van der Waals surface area contributed by atoms with Crippen molar-refractivity contribution in [1.82, 2.24) is 15.2 Å². The van der Waals surface area contributed by atoms with Crippen molar-refractivity contribution in [2.24, 2.45) is 0 Å². The van der Waals surface area contributed by atoms with Crippen LogP contribution in [-0.2, 0) is 10.0 Å². The Kier molecular flexibility index (Phi) is 3.45. The molecule has 0 saturated heterocycles. The van der Waals surface area contributed by atoms with Crippen molar-refractivity contribution in [2.45, 2.75) is 18.7 Å². The lowest BCUT2D eigenvalue weighted by molar-refractivity contribution is 0.0696. The Morgan fingerprint density at radius 2 is 2.05 bits per heavy atom. The summed E-state index contributed by atoms with van der Waals surface area (Å²) >= 11 is 0. The zero-order valence-electron chi connectivity index (χ0n) is 10.7. The summed E-state index contributed by atoms with van der Waals surface area (Å²) in [5, 5.41) is 15.1. The number of hydrogen-bond donors (Lipinski definition) is 3. The minimum Gasteiger partial charge on any atom is -0.478 e. The van der Waals surface area contributed by atoms with Gasteiger partial charge in [-0.1, -0.05) is 0 Å². The van der Waals surface area contributed by atoms with Crippen LogP contribution >= 0.6 is 0 Å². The van der Waals surface area contributed by atoms with E-state index in [0.29, 0.717) is 11.4 Å². The summed E-state index contributed by atoms with van der Waals surface area (Å²) in [6.45, 7) is 3.16. The number of pyridine rings is 1. The largest absolute Gasteiger partial charge is 0.478 e. The normalized spacial score (nSPS) is 11.3. The van der Waals surface area contributed by atoms with Crippen molar-refractivity contribution in [3.05, 3.63) is 35.3 Å². The molecule has 9 heteroatoms. The Morgan fingerprint density at radius 3 is 2.50 bits per heavy atom. The SMILES string of the molecule is Cc1n[nH]c(C)c1S(=O)(=O)Nc1ccc(C(=O)O)cn1. The molecule has 2 aromatic heterocycles. The van der Waals surface area contributed by atoms with Crippen LogP contribution in [0.2, 0.25) is 0 Å². The number of aromatic carboxylic acids is 1. The van der Waals surface area contributed by atoms with Crippen molar-refractivity contribution >= 4 is 21.8 Å². The Balaban J connectivity index is 2.31. The summed E-state index contributed by atoms with van der Waals surface area (Å²) in [5.41, 5.74) is 0.734. The predicted octanol–water partition coefficient (Wildman–Crippen LogP) is 0.921. The minimum atomic E-state index is -3.82. The van der Waals surface area contributed by atoms with Gasteiger partial charge in [-0.15, -0.1) is 0 Å². The lowest BCUT2D eigenvalue weighted by atomic mass is 10.3. The summed E-state index contributed by atoms with van der Waals surface area (Å²) in [5.74, 6) is -1.09. The molecule has 2 heterocycles. The first-order valence-electron chi connectivity index (χ1n) is 5.55. The summed E-state index contributed by atoms with van der Waals surface area (Å²) in [6.07, 6.45) is 1.08. The second kappa shape index (κ2) is 4.93. The number of aromatic nitrogens is 3. The van der Waals surface area contributed by atoms with E-state index in [1.54, 1.807) is 13.8 Å². The van der Waals surface area contributed by atoms with Gasteiger partial charge in [-0.25, -0.2) is 18.2 Å². The number of sulfonamides is 1. The average molecular weight is 296 g/mol. The molecule has 2 rings (SSSR count). The first kappa shape index (κ1) is 14.0. The molecule has 0 aliphatic carbocycles. The summed E-state index contributed by atoms with van der Waals surface area (Å²) in [7, 11) is -3.82. The Morgan fingerprint density at radius 1 is 1.35 bits per heavy atom. The Bertz CT molecular complexity index is 730. The smallest absolute Gasteiger partial charge is 0.337 e. The van der Waals surface area contributed by atoms with Crippen molar-refractivity contribution in [2.75, 3.05) is 4.72 Å². The molecule has 0 aliphatic heterocycles. The first-order chi connectivity index (χ1) is 9.31. The number of nitrogens with zero attached hydrogens (tertiary/aromatic N) is 2. The quantitative estimate of drug-likeness (QED) is 0.770. The van der Waals surface area contributed by atoms with Gasteiger partial charge in [0.2, 0.25) is 0 Å². The van der Waals surface area contributed by atoms with Crippen LogP contribution in [0.25, 0.3) is 0 Å². The maximum absolute atomic E-state index is 12.2. The van der Waals surface area contributed by atoms with Gasteiger partial charge in [0.1, 0.15) is 10.7 Å². The number of carboxylic acids is 1. The highest BCUT2D eigenvalue weighted by Gasteiger charge is 2.22. The third kappa shape index (κ3) is 2.62. The van der Waals surface area contributed by atoms with E-state index in [-0.39, 0.29) is 16.3 Å². The second-order valence-corrected chi connectivity index (χ2v) is 5.73. The Labute approximate surface area is 114 Å². The zero-order valence-corrected chi connectivity index (χ0v) is 11.5. The molecule has 0 spiro atoms.